The Morgan fingerprint density at radius 1 is 0.966 bits per heavy atom. The minimum atomic E-state index is -3.82. The lowest BCUT2D eigenvalue weighted by Gasteiger charge is -2.23. The Labute approximate surface area is 173 Å². The maximum absolute atomic E-state index is 13.4. The zero-order chi connectivity index (χ0) is 20.6. The Morgan fingerprint density at radius 3 is 2.24 bits per heavy atom. The fraction of sp³-hybridized carbons (Fsp3) is 0.150. The van der Waals surface area contributed by atoms with Crippen LogP contribution in [0.2, 0.25) is 5.02 Å². The summed E-state index contributed by atoms with van der Waals surface area (Å²) in [5.41, 5.74) is 1.87. The third-order valence-electron chi connectivity index (χ3n) is 4.52. The molecule has 0 atom stereocenters. The number of sulfonamides is 1. The van der Waals surface area contributed by atoms with E-state index in [2.05, 4.69) is 15.1 Å². The van der Waals surface area contributed by atoms with E-state index >= 15 is 0 Å². The van der Waals surface area contributed by atoms with Gasteiger partial charge in [0, 0.05) is 0 Å². The quantitative estimate of drug-likeness (QED) is 0.484. The summed E-state index contributed by atoms with van der Waals surface area (Å²) in [7, 11) is -3.82. The highest BCUT2D eigenvalue weighted by molar-refractivity contribution is 7.92. The second-order valence-electron chi connectivity index (χ2n) is 6.50. The second-order valence-corrected chi connectivity index (χ2v) is 8.74. The first kappa shape index (κ1) is 19.4. The molecule has 0 saturated heterocycles. The van der Waals surface area contributed by atoms with Gasteiger partial charge in [-0.25, -0.2) is 13.4 Å². The topological polar surface area (TPSA) is 80.5 Å². The van der Waals surface area contributed by atoms with Crippen molar-refractivity contribution in [2.45, 2.75) is 25.3 Å². The van der Waals surface area contributed by atoms with Crippen LogP contribution in [-0.2, 0) is 16.6 Å². The largest absolute Gasteiger partial charge is 0.264 e. The van der Waals surface area contributed by atoms with Crippen LogP contribution in [0, 0.1) is 13.8 Å². The highest BCUT2D eigenvalue weighted by atomic mass is 35.5. The summed E-state index contributed by atoms with van der Waals surface area (Å²) in [5, 5.41) is 4.94. The van der Waals surface area contributed by atoms with Crippen LogP contribution in [0.5, 0.6) is 0 Å². The number of hydrogen-bond donors (Lipinski definition) is 0. The van der Waals surface area contributed by atoms with Gasteiger partial charge in [-0.15, -0.1) is 5.10 Å². The van der Waals surface area contributed by atoms with Crippen LogP contribution >= 0.6 is 11.6 Å². The number of fused-ring (bicyclic) bond motifs is 1. The van der Waals surface area contributed by atoms with Crippen LogP contribution in [0.3, 0.4) is 0 Å². The first-order valence-corrected chi connectivity index (χ1v) is 10.7. The van der Waals surface area contributed by atoms with Crippen molar-refractivity contribution in [1.82, 2.24) is 19.6 Å². The van der Waals surface area contributed by atoms with Gasteiger partial charge in [0.05, 0.1) is 33.5 Å². The van der Waals surface area contributed by atoms with Crippen molar-refractivity contribution in [2.75, 3.05) is 4.31 Å². The monoisotopic (exact) mass is 427 g/mol. The molecular weight excluding hydrogens is 410 g/mol. The predicted molar refractivity (Wildman–Crippen MR) is 112 cm³/mol. The zero-order valence-electron chi connectivity index (χ0n) is 15.8. The zero-order valence-corrected chi connectivity index (χ0v) is 17.4. The molecule has 7 nitrogen and oxygen atoms in total. The molecule has 0 aliphatic rings. The SMILES string of the molecule is Cc1nc2nc(CN(c3ccccc3)S(=O)(=O)c3ccccc3)nn2c(C)c1Cl. The molecule has 0 saturated carbocycles. The summed E-state index contributed by atoms with van der Waals surface area (Å²) >= 11 is 6.26. The Kier molecular flexibility index (Phi) is 4.97. The van der Waals surface area contributed by atoms with Crippen molar-refractivity contribution >= 4 is 33.1 Å². The van der Waals surface area contributed by atoms with Gasteiger partial charge in [-0.3, -0.25) is 4.31 Å². The van der Waals surface area contributed by atoms with Crippen molar-refractivity contribution in [3.63, 3.8) is 0 Å². The standard InChI is InChI=1S/C20H18ClN5O2S/c1-14-19(21)15(2)26-20(22-14)23-18(24-26)13-25(16-9-5-3-6-10-16)29(27,28)17-11-7-4-8-12-17/h3-12H,13H2,1-2H3. The lowest BCUT2D eigenvalue weighted by Crippen LogP contribution is -2.31. The molecule has 0 spiro atoms. The van der Waals surface area contributed by atoms with E-state index in [0.717, 1.165) is 0 Å². The highest BCUT2D eigenvalue weighted by Crippen LogP contribution is 2.25. The number of para-hydroxylation sites is 1. The molecular formula is C20H18ClN5O2S. The maximum Gasteiger partial charge on any atom is 0.264 e. The molecule has 0 fully saturated rings. The van der Waals surface area contributed by atoms with Gasteiger partial charge in [-0.1, -0.05) is 48.0 Å². The number of halogens is 1. The molecule has 2 aromatic carbocycles. The molecule has 148 valence electrons. The Balaban J connectivity index is 1.81. The fourth-order valence-corrected chi connectivity index (χ4v) is 4.58. The number of rotatable bonds is 5. The van der Waals surface area contributed by atoms with E-state index in [9.17, 15) is 8.42 Å². The molecule has 0 aliphatic heterocycles. The first-order valence-electron chi connectivity index (χ1n) is 8.89. The van der Waals surface area contributed by atoms with Crippen molar-refractivity contribution in [3.05, 3.63) is 82.9 Å². The number of hydrogen-bond acceptors (Lipinski definition) is 5. The van der Waals surface area contributed by atoms with Crippen LogP contribution < -0.4 is 4.31 Å². The summed E-state index contributed by atoms with van der Waals surface area (Å²) in [6.07, 6.45) is 0. The number of aromatic nitrogens is 4. The molecule has 2 aromatic heterocycles. The van der Waals surface area contributed by atoms with Gasteiger partial charge in [0.25, 0.3) is 15.8 Å². The number of benzene rings is 2. The Hall–Kier alpha value is -2.97. The van der Waals surface area contributed by atoms with Crippen molar-refractivity contribution < 1.29 is 8.42 Å². The van der Waals surface area contributed by atoms with Gasteiger partial charge in [-0.2, -0.15) is 9.50 Å². The number of aryl methyl sites for hydroxylation is 2. The van der Waals surface area contributed by atoms with E-state index in [4.69, 9.17) is 11.6 Å². The molecule has 29 heavy (non-hydrogen) atoms. The Morgan fingerprint density at radius 2 is 1.59 bits per heavy atom. The van der Waals surface area contributed by atoms with Gasteiger partial charge in [0.2, 0.25) is 0 Å². The van der Waals surface area contributed by atoms with Crippen LogP contribution in [0.25, 0.3) is 5.78 Å². The molecule has 4 rings (SSSR count). The highest BCUT2D eigenvalue weighted by Gasteiger charge is 2.26. The van der Waals surface area contributed by atoms with Crippen LogP contribution in [0.4, 0.5) is 5.69 Å². The summed E-state index contributed by atoms with van der Waals surface area (Å²) in [6.45, 7) is 3.57. The molecule has 0 aliphatic carbocycles. The van der Waals surface area contributed by atoms with Crippen LogP contribution in [0.15, 0.2) is 65.6 Å². The average molecular weight is 428 g/mol. The van der Waals surface area contributed by atoms with E-state index in [1.54, 1.807) is 61.5 Å². The van der Waals surface area contributed by atoms with Crippen LogP contribution in [0.1, 0.15) is 17.2 Å². The van der Waals surface area contributed by atoms with Gasteiger partial charge in [-0.05, 0) is 38.1 Å². The van der Waals surface area contributed by atoms with Gasteiger partial charge < -0.3 is 0 Å². The third kappa shape index (κ3) is 3.56. The van der Waals surface area contributed by atoms with E-state index in [0.29, 0.717) is 33.7 Å². The van der Waals surface area contributed by atoms with Crippen LogP contribution in [-0.4, -0.2) is 28.0 Å². The molecule has 0 radical (unpaired) electrons. The molecule has 0 amide bonds. The third-order valence-corrected chi connectivity index (χ3v) is 6.85. The summed E-state index contributed by atoms with van der Waals surface area (Å²) in [6, 6.07) is 17.2. The lowest BCUT2D eigenvalue weighted by molar-refractivity contribution is 0.589. The Bertz CT molecular complexity index is 1270. The molecule has 4 aromatic rings. The smallest absolute Gasteiger partial charge is 0.259 e. The fourth-order valence-electron chi connectivity index (χ4n) is 3.02. The van der Waals surface area contributed by atoms with Gasteiger partial charge in [0.1, 0.15) is 0 Å². The van der Waals surface area contributed by atoms with Gasteiger partial charge in [0.15, 0.2) is 5.82 Å². The number of nitrogens with zero attached hydrogens (tertiary/aromatic N) is 5. The molecule has 9 heteroatoms. The predicted octanol–water partition coefficient (Wildman–Crippen LogP) is 3.79. The first-order chi connectivity index (χ1) is 13.9. The lowest BCUT2D eigenvalue weighted by atomic mass is 10.3. The van der Waals surface area contributed by atoms with Gasteiger partial charge >= 0.3 is 0 Å². The molecule has 2 heterocycles. The normalized spacial score (nSPS) is 11.7. The number of anilines is 1. The maximum atomic E-state index is 13.4. The molecule has 0 N–H and O–H groups in total. The van der Waals surface area contributed by atoms with E-state index in [1.165, 1.54) is 8.82 Å². The minimum absolute atomic E-state index is 0.0410. The van der Waals surface area contributed by atoms with E-state index in [1.807, 2.05) is 13.0 Å². The van der Waals surface area contributed by atoms with E-state index in [-0.39, 0.29) is 11.4 Å². The molecule has 0 unspecified atom stereocenters. The second kappa shape index (κ2) is 7.46. The summed E-state index contributed by atoms with van der Waals surface area (Å²) in [4.78, 5) is 8.97. The summed E-state index contributed by atoms with van der Waals surface area (Å²) in [5.74, 6) is 0.704. The van der Waals surface area contributed by atoms with Crippen molar-refractivity contribution in [3.8, 4) is 0 Å². The van der Waals surface area contributed by atoms with E-state index < -0.39 is 10.0 Å². The summed E-state index contributed by atoms with van der Waals surface area (Å²) < 4.78 is 29.5. The average Bonchev–Trinajstić information content (AvgIpc) is 3.14. The van der Waals surface area contributed by atoms with Crippen molar-refractivity contribution in [1.29, 1.82) is 0 Å². The minimum Gasteiger partial charge on any atom is -0.259 e. The molecule has 0 bridgehead atoms. The van der Waals surface area contributed by atoms with Crippen molar-refractivity contribution in [2.24, 2.45) is 0 Å².